The van der Waals surface area contributed by atoms with Gasteiger partial charge in [0.05, 0.1) is 17.9 Å². The highest BCUT2D eigenvalue weighted by atomic mass is 16.5. The van der Waals surface area contributed by atoms with Crippen LogP contribution < -0.4 is 10.6 Å². The number of rotatable bonds is 11. The van der Waals surface area contributed by atoms with E-state index < -0.39 is 0 Å². The molecule has 3 rings (SSSR count). The second-order valence-electron chi connectivity index (χ2n) is 6.57. The standard InChI is InChI=1S/C24H25N7O.C2H6/c1-4-10-19(26-2)29-24-20(21(25)17-11-6-5-7-12-17)23(28-15-16-32-3)30-22(31-24)18-13-8-9-14-27-18;1-2/h4-14,25H,1-2,15-16H2,3H3,(H2,28,29,30,31);1-2H3/b19-10+,25-21?;. The quantitative estimate of drug-likeness (QED) is 0.208. The minimum Gasteiger partial charge on any atom is -0.383 e. The van der Waals surface area contributed by atoms with E-state index in [2.05, 4.69) is 38.9 Å². The van der Waals surface area contributed by atoms with E-state index in [1.54, 1.807) is 25.5 Å². The van der Waals surface area contributed by atoms with E-state index in [1.165, 1.54) is 0 Å². The molecule has 0 radical (unpaired) electrons. The van der Waals surface area contributed by atoms with Crippen molar-refractivity contribution in [1.29, 1.82) is 5.41 Å². The van der Waals surface area contributed by atoms with Crippen LogP contribution in [0, 0.1) is 5.41 Å². The van der Waals surface area contributed by atoms with E-state index in [4.69, 9.17) is 15.1 Å². The smallest absolute Gasteiger partial charge is 0.182 e. The van der Waals surface area contributed by atoms with Crippen LogP contribution in [0.3, 0.4) is 0 Å². The number of hydrogen-bond acceptors (Lipinski definition) is 8. The molecule has 0 saturated heterocycles. The van der Waals surface area contributed by atoms with Crippen molar-refractivity contribution in [3.05, 3.63) is 90.4 Å². The number of aromatic nitrogens is 3. The van der Waals surface area contributed by atoms with E-state index >= 15 is 0 Å². The van der Waals surface area contributed by atoms with Crippen LogP contribution in [0.15, 0.2) is 84.3 Å². The number of allylic oxidation sites excluding steroid dienone is 2. The van der Waals surface area contributed by atoms with Crippen molar-refractivity contribution in [3.8, 4) is 11.5 Å². The van der Waals surface area contributed by atoms with Gasteiger partial charge in [0.1, 0.15) is 23.2 Å². The van der Waals surface area contributed by atoms with Crippen LogP contribution in [0.4, 0.5) is 11.6 Å². The summed E-state index contributed by atoms with van der Waals surface area (Å²) < 4.78 is 5.18. The van der Waals surface area contributed by atoms with Gasteiger partial charge < -0.3 is 15.4 Å². The minimum atomic E-state index is 0.252. The highest BCUT2D eigenvalue weighted by Gasteiger charge is 2.21. The zero-order chi connectivity index (χ0) is 24.8. The summed E-state index contributed by atoms with van der Waals surface area (Å²) >= 11 is 0. The molecule has 2 aromatic heterocycles. The Labute approximate surface area is 201 Å². The van der Waals surface area contributed by atoms with Crippen molar-refractivity contribution < 1.29 is 4.74 Å². The second kappa shape index (κ2) is 14.1. The molecule has 2 heterocycles. The molecule has 0 amide bonds. The third-order valence-electron chi connectivity index (χ3n) is 4.41. The first kappa shape index (κ1) is 26.1. The van der Waals surface area contributed by atoms with E-state index in [0.717, 1.165) is 5.56 Å². The summed E-state index contributed by atoms with van der Waals surface area (Å²) in [7, 11) is 1.63. The zero-order valence-corrected chi connectivity index (χ0v) is 19.9. The predicted molar refractivity (Wildman–Crippen MR) is 141 cm³/mol. The van der Waals surface area contributed by atoms with E-state index in [0.29, 0.717) is 47.7 Å². The van der Waals surface area contributed by atoms with Gasteiger partial charge in [0.25, 0.3) is 0 Å². The Balaban J connectivity index is 0.00000199. The molecule has 8 heteroatoms. The Bertz CT molecular complexity index is 1110. The lowest BCUT2D eigenvalue weighted by Gasteiger charge is -2.18. The number of aliphatic imine (C=N–C) groups is 1. The first-order valence-corrected chi connectivity index (χ1v) is 10.9. The van der Waals surface area contributed by atoms with Gasteiger partial charge in [-0.25, -0.2) is 15.0 Å². The summed E-state index contributed by atoms with van der Waals surface area (Å²) in [6, 6.07) is 14.9. The Hall–Kier alpha value is -4.17. The van der Waals surface area contributed by atoms with Crippen LogP contribution in [0.25, 0.3) is 11.5 Å². The lowest BCUT2D eigenvalue weighted by molar-refractivity contribution is 0.210. The molecule has 34 heavy (non-hydrogen) atoms. The van der Waals surface area contributed by atoms with Crippen LogP contribution in [-0.4, -0.2) is 47.6 Å². The molecule has 0 atom stereocenters. The Kier molecular flexibility index (Phi) is 10.8. The summed E-state index contributed by atoms with van der Waals surface area (Å²) in [6.45, 7) is 12.3. The molecule has 176 valence electrons. The van der Waals surface area contributed by atoms with E-state index in [9.17, 15) is 0 Å². The van der Waals surface area contributed by atoms with Gasteiger partial charge in [0, 0.05) is 25.4 Å². The van der Waals surface area contributed by atoms with Crippen LogP contribution in [0.1, 0.15) is 25.0 Å². The van der Waals surface area contributed by atoms with Crippen LogP contribution in [0.5, 0.6) is 0 Å². The fraction of sp³-hybridized carbons (Fsp3) is 0.192. The Morgan fingerprint density at radius 3 is 2.41 bits per heavy atom. The van der Waals surface area contributed by atoms with Gasteiger partial charge in [-0.2, -0.15) is 0 Å². The number of benzene rings is 1. The monoisotopic (exact) mass is 457 g/mol. The van der Waals surface area contributed by atoms with Crippen molar-refractivity contribution in [3.63, 3.8) is 0 Å². The average molecular weight is 458 g/mol. The number of pyridine rings is 1. The maximum Gasteiger partial charge on any atom is 0.182 e. The molecule has 0 aliphatic heterocycles. The van der Waals surface area contributed by atoms with Gasteiger partial charge in [-0.1, -0.05) is 62.9 Å². The summed E-state index contributed by atoms with van der Waals surface area (Å²) in [6.07, 6.45) is 4.94. The number of nitrogens with one attached hydrogen (secondary N) is 3. The lowest BCUT2D eigenvalue weighted by Crippen LogP contribution is -2.18. The first-order valence-electron chi connectivity index (χ1n) is 10.9. The molecular weight excluding hydrogens is 426 g/mol. The van der Waals surface area contributed by atoms with Gasteiger partial charge in [-0.15, -0.1) is 0 Å². The SMILES string of the molecule is C=C/C=C(\N=C)Nc1nc(-c2ccccn2)nc(NCCOC)c1C(=N)c1ccccc1.CC. The summed E-state index contributed by atoms with van der Waals surface area (Å²) in [5.41, 5.74) is 2.07. The van der Waals surface area contributed by atoms with Gasteiger partial charge in [0.15, 0.2) is 5.82 Å². The number of methoxy groups -OCH3 is 1. The fourth-order valence-corrected chi connectivity index (χ4v) is 2.91. The second-order valence-corrected chi connectivity index (χ2v) is 6.57. The summed E-state index contributed by atoms with van der Waals surface area (Å²) in [5, 5.41) is 15.3. The zero-order valence-electron chi connectivity index (χ0n) is 19.9. The summed E-state index contributed by atoms with van der Waals surface area (Å²) in [5.74, 6) is 1.72. The molecule has 0 unspecified atom stereocenters. The van der Waals surface area contributed by atoms with Crippen molar-refractivity contribution in [2.45, 2.75) is 13.8 Å². The predicted octanol–water partition coefficient (Wildman–Crippen LogP) is 5.18. The van der Waals surface area contributed by atoms with Crippen LogP contribution in [-0.2, 0) is 4.74 Å². The third-order valence-corrected chi connectivity index (χ3v) is 4.41. The van der Waals surface area contributed by atoms with Gasteiger partial charge in [0.2, 0.25) is 0 Å². The molecule has 0 spiro atoms. The molecule has 0 saturated carbocycles. The maximum absolute atomic E-state index is 8.92. The van der Waals surface area contributed by atoms with Crippen LogP contribution >= 0.6 is 0 Å². The molecule has 8 nitrogen and oxygen atoms in total. The Morgan fingerprint density at radius 2 is 1.79 bits per heavy atom. The number of anilines is 2. The molecule has 0 aliphatic carbocycles. The highest BCUT2D eigenvalue weighted by molar-refractivity contribution is 6.16. The third kappa shape index (κ3) is 6.91. The molecule has 3 N–H and O–H groups in total. The van der Waals surface area contributed by atoms with Crippen molar-refractivity contribution >= 4 is 24.1 Å². The first-order chi connectivity index (χ1) is 16.7. The topological polar surface area (TPSA) is 108 Å². The normalized spacial score (nSPS) is 10.5. The minimum absolute atomic E-state index is 0.252. The summed E-state index contributed by atoms with van der Waals surface area (Å²) in [4.78, 5) is 17.7. The van der Waals surface area contributed by atoms with Crippen molar-refractivity contribution in [1.82, 2.24) is 15.0 Å². The van der Waals surface area contributed by atoms with Crippen LogP contribution in [0.2, 0.25) is 0 Å². The lowest BCUT2D eigenvalue weighted by atomic mass is 10.0. The molecule has 3 aromatic rings. The largest absolute Gasteiger partial charge is 0.383 e. The number of ether oxygens (including phenoxy) is 1. The molecular formula is C26H31N7O. The maximum atomic E-state index is 8.92. The average Bonchev–Trinajstić information content (AvgIpc) is 2.90. The van der Waals surface area contributed by atoms with E-state index in [1.807, 2.05) is 62.4 Å². The number of hydrogen-bond donors (Lipinski definition) is 3. The van der Waals surface area contributed by atoms with Gasteiger partial charge >= 0.3 is 0 Å². The van der Waals surface area contributed by atoms with Gasteiger partial charge in [-0.3, -0.25) is 10.4 Å². The Morgan fingerprint density at radius 1 is 1.09 bits per heavy atom. The molecule has 1 aromatic carbocycles. The highest BCUT2D eigenvalue weighted by Crippen LogP contribution is 2.28. The van der Waals surface area contributed by atoms with Crippen molar-refractivity contribution in [2.75, 3.05) is 30.9 Å². The molecule has 0 aliphatic rings. The van der Waals surface area contributed by atoms with Gasteiger partial charge in [-0.05, 0) is 24.9 Å². The molecule has 0 bridgehead atoms. The van der Waals surface area contributed by atoms with Crippen molar-refractivity contribution in [2.24, 2.45) is 4.99 Å². The van der Waals surface area contributed by atoms with E-state index in [-0.39, 0.29) is 5.71 Å². The number of nitrogens with zero attached hydrogens (tertiary/aromatic N) is 4. The molecule has 0 fully saturated rings. The fourth-order valence-electron chi connectivity index (χ4n) is 2.91.